The smallest absolute Gasteiger partial charge is 0.352 e. The van der Waals surface area contributed by atoms with Gasteiger partial charge in [-0.1, -0.05) is 18.2 Å². The monoisotopic (exact) mass is 960 g/mol. The number of hydrogen-bond donors (Lipinski definition) is 3. The van der Waals surface area contributed by atoms with Crippen molar-refractivity contribution >= 4 is 23.4 Å². The van der Waals surface area contributed by atoms with Gasteiger partial charge in [0.1, 0.15) is 17.2 Å². The average molecular weight is 961 g/mol. The molecule has 0 unspecified atom stereocenters. The van der Waals surface area contributed by atoms with E-state index in [1.807, 2.05) is 5.32 Å². The quantitative estimate of drug-likeness (QED) is 0.0765. The molecule has 1 aliphatic carbocycles. The molecule has 0 saturated carbocycles. The van der Waals surface area contributed by atoms with Crippen LogP contribution < -0.4 is 16.0 Å². The molecule has 0 spiro atoms. The molecule has 0 aliphatic heterocycles. The molecule has 65 heavy (non-hydrogen) atoms. The lowest BCUT2D eigenvalue weighted by atomic mass is 9.88. The van der Waals surface area contributed by atoms with Crippen molar-refractivity contribution in [3.05, 3.63) is 99.2 Å². The maximum Gasteiger partial charge on any atom is 0.460 e. The van der Waals surface area contributed by atoms with Gasteiger partial charge in [-0.25, -0.2) is 13.9 Å². The summed E-state index contributed by atoms with van der Waals surface area (Å²) < 4.78 is 246. The van der Waals surface area contributed by atoms with Gasteiger partial charge in [-0.15, -0.1) is 0 Å². The summed E-state index contributed by atoms with van der Waals surface area (Å²) in [6.45, 7) is 1.76. The number of amides is 3. The Morgan fingerprint density at radius 3 is 1.91 bits per heavy atom. The minimum atomic E-state index is -8.72. The number of aryl methyl sites for hydroxylation is 1. The topological polar surface area (TPSA) is 117 Å². The van der Waals surface area contributed by atoms with Crippen LogP contribution in [0.5, 0.6) is 0 Å². The fourth-order valence-electron chi connectivity index (χ4n) is 6.75. The predicted octanol–water partition coefficient (Wildman–Crippen LogP) is 9.35. The van der Waals surface area contributed by atoms with Gasteiger partial charge in [-0.3, -0.25) is 14.4 Å². The van der Waals surface area contributed by atoms with Crippen LogP contribution in [0.1, 0.15) is 84.5 Å². The molecule has 356 valence electrons. The molecule has 27 heteroatoms. The first-order valence-corrected chi connectivity index (χ1v) is 18.5. The molecule has 0 bridgehead atoms. The van der Waals surface area contributed by atoms with Crippen LogP contribution in [-0.2, 0) is 13.0 Å². The first-order chi connectivity index (χ1) is 29.7. The highest BCUT2D eigenvalue weighted by Gasteiger charge is 2.95. The Labute approximate surface area is 352 Å². The molecule has 0 fully saturated rings. The number of aromatic nitrogens is 3. The van der Waals surface area contributed by atoms with E-state index in [9.17, 15) is 93.4 Å². The maximum absolute atomic E-state index is 14.4. The highest BCUT2D eigenvalue weighted by Crippen LogP contribution is 2.64. The van der Waals surface area contributed by atoms with Gasteiger partial charge < -0.3 is 16.0 Å². The lowest BCUT2D eigenvalue weighted by Crippen LogP contribution is -2.74. The number of hydrogen-bond acceptors (Lipinski definition) is 5. The van der Waals surface area contributed by atoms with Gasteiger partial charge in [-0.2, -0.15) is 79.7 Å². The summed E-state index contributed by atoms with van der Waals surface area (Å²) >= 11 is 0. The third kappa shape index (κ3) is 8.49. The van der Waals surface area contributed by atoms with E-state index in [1.165, 1.54) is 62.5 Å². The third-order valence-electron chi connectivity index (χ3n) is 10.5. The molecule has 3 N–H and O–H groups in total. The number of nitrogens with zero attached hydrogens (tertiary/aromatic N) is 3. The van der Waals surface area contributed by atoms with Gasteiger partial charge in [0.15, 0.2) is 5.65 Å². The van der Waals surface area contributed by atoms with Crippen molar-refractivity contribution in [2.45, 2.75) is 99.8 Å². The summed E-state index contributed by atoms with van der Waals surface area (Å²) in [5.74, 6) is -60.0. The lowest BCUT2D eigenvalue weighted by molar-refractivity contribution is -0.461. The van der Waals surface area contributed by atoms with E-state index in [0.717, 1.165) is 4.52 Å². The van der Waals surface area contributed by atoms with Crippen molar-refractivity contribution in [2.75, 3.05) is 6.54 Å². The van der Waals surface area contributed by atoms with Crippen molar-refractivity contribution in [1.29, 1.82) is 0 Å². The zero-order chi connectivity index (χ0) is 49.1. The standard InChI is InChI=1S/C38H30F18N6O3/c1-17-14-19(4-8-23(17)39)16-58-29(64)25-15-26(62-27(60-25)10-13-59-62)30(65)61-24-9-7-20-18(2)21(5-6-22(20)24)28(63)57-12-3-11-31(40,41)32(42,43)33(44,45)34(46,47)35(48,49)36(50,51)37(52,53)38(54,55)56/h4-6,8,10,13-15,24H,3,7,9,11-12,16H2,1-2H3,(H,57,63)(H,58,64)(H,61,65)/t24-/m0/s1. The molecule has 0 radical (unpaired) electrons. The maximum atomic E-state index is 14.4. The van der Waals surface area contributed by atoms with Crippen LogP contribution >= 0.6 is 0 Å². The number of alkyl halides is 17. The minimum Gasteiger partial charge on any atom is -0.352 e. The largest absolute Gasteiger partial charge is 0.460 e. The molecular formula is C38H30F18N6O3. The summed E-state index contributed by atoms with van der Waals surface area (Å²) in [7, 11) is 0. The fraction of sp³-hybridized carbons (Fsp3) is 0.447. The lowest BCUT2D eigenvalue weighted by Gasteiger charge is -2.42. The van der Waals surface area contributed by atoms with E-state index in [4.69, 9.17) is 0 Å². The summed E-state index contributed by atoms with van der Waals surface area (Å²) in [5.41, 5.74) is 1.68. The van der Waals surface area contributed by atoms with E-state index in [-0.39, 0.29) is 47.5 Å². The molecule has 5 rings (SSSR count). The number of carbonyl (C=O) groups excluding carboxylic acids is 3. The van der Waals surface area contributed by atoms with Gasteiger partial charge in [0.2, 0.25) is 0 Å². The number of rotatable bonds is 16. The number of nitrogens with one attached hydrogen (secondary N) is 3. The highest BCUT2D eigenvalue weighted by atomic mass is 19.4. The van der Waals surface area contributed by atoms with Crippen LogP contribution in [0, 0.1) is 19.7 Å². The van der Waals surface area contributed by atoms with Crippen LogP contribution in [0.2, 0.25) is 0 Å². The van der Waals surface area contributed by atoms with Crippen LogP contribution in [0.3, 0.4) is 0 Å². The second kappa shape index (κ2) is 16.9. The van der Waals surface area contributed by atoms with Gasteiger partial charge in [0, 0.05) is 37.2 Å². The second-order valence-corrected chi connectivity index (χ2v) is 14.8. The fourth-order valence-corrected chi connectivity index (χ4v) is 6.75. The second-order valence-electron chi connectivity index (χ2n) is 14.8. The Kier molecular flexibility index (Phi) is 13.0. The number of benzene rings is 2. The minimum absolute atomic E-state index is 0.0123. The van der Waals surface area contributed by atoms with Crippen molar-refractivity contribution in [2.24, 2.45) is 0 Å². The highest BCUT2D eigenvalue weighted by molar-refractivity contribution is 5.99. The van der Waals surface area contributed by atoms with Crippen LogP contribution in [-0.4, -0.2) is 86.5 Å². The van der Waals surface area contributed by atoms with E-state index in [2.05, 4.69) is 20.7 Å². The van der Waals surface area contributed by atoms with Crippen LogP contribution in [0.25, 0.3) is 5.65 Å². The first-order valence-electron chi connectivity index (χ1n) is 18.5. The molecular weight excluding hydrogens is 930 g/mol. The molecule has 0 saturated heterocycles. The summed E-state index contributed by atoms with van der Waals surface area (Å²) in [5, 5.41) is 11.4. The number of halogens is 18. The number of carbonyl (C=O) groups is 3. The van der Waals surface area contributed by atoms with Gasteiger partial charge in [0.05, 0.1) is 12.2 Å². The van der Waals surface area contributed by atoms with Crippen molar-refractivity contribution < 1.29 is 93.4 Å². The zero-order valence-corrected chi connectivity index (χ0v) is 32.8. The number of fused-ring (bicyclic) bond motifs is 2. The molecule has 9 nitrogen and oxygen atoms in total. The van der Waals surface area contributed by atoms with Crippen LogP contribution in [0.4, 0.5) is 79.0 Å². The Bertz CT molecular complexity index is 2490. The van der Waals surface area contributed by atoms with Gasteiger partial charge >= 0.3 is 47.6 Å². The van der Waals surface area contributed by atoms with E-state index >= 15 is 0 Å². The summed E-state index contributed by atoms with van der Waals surface area (Å²) in [4.78, 5) is 43.8. The first kappa shape index (κ1) is 50.2. The zero-order valence-electron chi connectivity index (χ0n) is 32.8. The molecule has 1 aliphatic rings. The Morgan fingerprint density at radius 1 is 0.708 bits per heavy atom. The van der Waals surface area contributed by atoms with Gasteiger partial charge in [-0.05, 0) is 73.1 Å². The SMILES string of the molecule is Cc1cc(CNC(=O)c2cc(C(=O)N[C@H]3CCc4c3ccc(C(=O)NCCCC(F)(F)C(F)(F)C(F)(F)C(F)(F)C(F)(F)C(F)(F)C(F)(F)C(F)(F)F)c4C)n3nccc3n2)ccc1F. The van der Waals surface area contributed by atoms with Gasteiger partial charge in [0.25, 0.3) is 17.7 Å². The molecule has 2 aromatic carbocycles. The Balaban J connectivity index is 1.23. The molecule has 1 atom stereocenters. The van der Waals surface area contributed by atoms with Crippen molar-refractivity contribution in [1.82, 2.24) is 30.5 Å². The third-order valence-corrected chi connectivity index (χ3v) is 10.5. The average Bonchev–Trinajstić information content (AvgIpc) is 3.86. The molecule has 2 heterocycles. The Hall–Kier alpha value is -5.79. The summed E-state index contributed by atoms with van der Waals surface area (Å²) in [6.07, 6.45) is -10.4. The normalized spacial score (nSPS) is 15.5. The van der Waals surface area contributed by atoms with Crippen molar-refractivity contribution in [3.63, 3.8) is 0 Å². The van der Waals surface area contributed by atoms with E-state index in [0.29, 0.717) is 22.3 Å². The summed E-state index contributed by atoms with van der Waals surface area (Å²) in [6, 6.07) is 8.59. The molecule has 2 aromatic heterocycles. The Morgan fingerprint density at radius 2 is 1.31 bits per heavy atom. The predicted molar refractivity (Wildman–Crippen MR) is 187 cm³/mol. The molecule has 4 aromatic rings. The van der Waals surface area contributed by atoms with Crippen molar-refractivity contribution in [3.8, 4) is 0 Å². The molecule has 3 amide bonds. The van der Waals surface area contributed by atoms with E-state index in [1.54, 1.807) is 0 Å². The van der Waals surface area contributed by atoms with E-state index < -0.39 is 96.6 Å². The van der Waals surface area contributed by atoms with Crippen LogP contribution in [0.15, 0.2) is 48.7 Å².